The maximum Gasteiger partial charge on any atom is 0.0839 e. The van der Waals surface area contributed by atoms with Crippen LogP contribution < -0.4 is 5.73 Å². The number of nitrogens with two attached hydrogens (primary N) is 1. The molecule has 2 saturated carbocycles. The largest absolute Gasteiger partial charge is 0.373 e. The van der Waals surface area contributed by atoms with E-state index < -0.39 is 0 Å². The van der Waals surface area contributed by atoms with Gasteiger partial charge in [-0.2, -0.15) is 0 Å². The molecule has 0 amide bonds. The van der Waals surface area contributed by atoms with E-state index in [1.807, 2.05) is 0 Å². The van der Waals surface area contributed by atoms with Crippen LogP contribution in [-0.4, -0.2) is 18.2 Å². The van der Waals surface area contributed by atoms with Crippen molar-refractivity contribution >= 4 is 0 Å². The van der Waals surface area contributed by atoms with Crippen molar-refractivity contribution in [3.05, 3.63) is 0 Å². The minimum absolute atomic E-state index is 0.0226. The minimum Gasteiger partial charge on any atom is -0.373 e. The number of ether oxygens (including phenoxy) is 1. The first-order chi connectivity index (χ1) is 6.17. The molecular formula is C11H19NO. The molecule has 1 heterocycles. The predicted molar refractivity (Wildman–Crippen MR) is 51.3 cm³/mol. The van der Waals surface area contributed by atoms with E-state index in [0.717, 1.165) is 12.5 Å². The molecule has 3 rings (SSSR count). The third-order valence-electron chi connectivity index (χ3n) is 4.96. The van der Waals surface area contributed by atoms with Gasteiger partial charge in [-0.3, -0.25) is 0 Å². The van der Waals surface area contributed by atoms with Crippen LogP contribution in [-0.2, 0) is 4.74 Å². The van der Waals surface area contributed by atoms with Gasteiger partial charge in [-0.25, -0.2) is 0 Å². The second kappa shape index (κ2) is 2.29. The Hall–Kier alpha value is -0.0800. The molecule has 0 aromatic heterocycles. The highest BCUT2D eigenvalue weighted by Gasteiger charge is 2.62. The average Bonchev–Trinajstić information content (AvgIpc) is 2.60. The quantitative estimate of drug-likeness (QED) is 0.617. The van der Waals surface area contributed by atoms with Crippen molar-refractivity contribution < 1.29 is 4.74 Å². The summed E-state index contributed by atoms with van der Waals surface area (Å²) in [5, 5.41) is 0. The molecule has 0 aromatic carbocycles. The van der Waals surface area contributed by atoms with E-state index in [2.05, 4.69) is 6.92 Å². The highest BCUT2D eigenvalue weighted by molar-refractivity contribution is 5.13. The Balaban J connectivity index is 2.03. The Morgan fingerprint density at radius 3 is 3.00 bits per heavy atom. The molecule has 3 aliphatic rings. The molecule has 74 valence electrons. The Bertz CT molecular complexity index is 238. The molecule has 1 aliphatic heterocycles. The molecule has 2 bridgehead atoms. The van der Waals surface area contributed by atoms with E-state index in [-0.39, 0.29) is 11.6 Å². The lowest BCUT2D eigenvalue weighted by atomic mass is 9.63. The fourth-order valence-electron chi connectivity index (χ4n) is 4.07. The fourth-order valence-corrected chi connectivity index (χ4v) is 4.07. The van der Waals surface area contributed by atoms with Gasteiger partial charge in [0.1, 0.15) is 0 Å². The number of hydrogen-bond donors (Lipinski definition) is 1. The summed E-state index contributed by atoms with van der Waals surface area (Å²) < 4.78 is 6.01. The average molecular weight is 181 g/mol. The fraction of sp³-hybridized carbons (Fsp3) is 1.00. The van der Waals surface area contributed by atoms with E-state index in [0.29, 0.717) is 5.41 Å². The van der Waals surface area contributed by atoms with Gasteiger partial charge >= 0.3 is 0 Å². The van der Waals surface area contributed by atoms with E-state index in [4.69, 9.17) is 10.5 Å². The molecule has 2 aliphatic carbocycles. The molecule has 4 atom stereocenters. The first kappa shape index (κ1) is 8.25. The van der Waals surface area contributed by atoms with Gasteiger partial charge in [-0.05, 0) is 43.9 Å². The second-order valence-corrected chi connectivity index (χ2v) is 5.42. The Morgan fingerprint density at radius 1 is 1.31 bits per heavy atom. The summed E-state index contributed by atoms with van der Waals surface area (Å²) in [6.07, 6.45) is 6.63. The van der Waals surface area contributed by atoms with E-state index in [1.54, 1.807) is 0 Å². The van der Waals surface area contributed by atoms with Gasteiger partial charge in [-0.1, -0.05) is 6.42 Å². The Kier molecular flexibility index (Phi) is 1.45. The summed E-state index contributed by atoms with van der Waals surface area (Å²) in [6, 6.07) is 0.284. The van der Waals surface area contributed by atoms with Crippen molar-refractivity contribution in [3.8, 4) is 0 Å². The Labute approximate surface area is 79.8 Å². The summed E-state index contributed by atoms with van der Waals surface area (Å²) in [6.45, 7) is 3.23. The SMILES string of the molecule is C[C@]12OC[C@@]3(CCCC31)CC[C@@H]2N. The van der Waals surface area contributed by atoms with Crippen LogP contribution in [0.3, 0.4) is 0 Å². The minimum atomic E-state index is 0.0226. The van der Waals surface area contributed by atoms with Gasteiger partial charge in [0.25, 0.3) is 0 Å². The molecular weight excluding hydrogens is 162 g/mol. The van der Waals surface area contributed by atoms with Gasteiger partial charge in [0.15, 0.2) is 0 Å². The second-order valence-electron chi connectivity index (χ2n) is 5.42. The van der Waals surface area contributed by atoms with Gasteiger partial charge < -0.3 is 10.5 Å². The van der Waals surface area contributed by atoms with Crippen molar-refractivity contribution in [2.75, 3.05) is 6.61 Å². The van der Waals surface area contributed by atoms with Gasteiger partial charge in [-0.15, -0.1) is 0 Å². The Morgan fingerprint density at radius 2 is 2.15 bits per heavy atom. The van der Waals surface area contributed by atoms with Crippen LogP contribution in [0.2, 0.25) is 0 Å². The monoisotopic (exact) mass is 181 g/mol. The zero-order valence-corrected chi connectivity index (χ0v) is 8.38. The van der Waals surface area contributed by atoms with Crippen LogP contribution in [0.1, 0.15) is 39.0 Å². The summed E-state index contributed by atoms with van der Waals surface area (Å²) in [7, 11) is 0. The van der Waals surface area contributed by atoms with Gasteiger partial charge in [0, 0.05) is 6.04 Å². The summed E-state index contributed by atoms with van der Waals surface area (Å²) in [4.78, 5) is 0. The smallest absolute Gasteiger partial charge is 0.0839 e. The normalized spacial score (nSPS) is 59.5. The number of hydrogen-bond acceptors (Lipinski definition) is 2. The van der Waals surface area contributed by atoms with Crippen LogP contribution in [0, 0.1) is 11.3 Å². The molecule has 0 spiro atoms. The van der Waals surface area contributed by atoms with Crippen LogP contribution in [0.4, 0.5) is 0 Å². The molecule has 2 N–H and O–H groups in total. The number of rotatable bonds is 0. The maximum absolute atomic E-state index is 6.18. The van der Waals surface area contributed by atoms with Gasteiger partial charge in [0.05, 0.1) is 12.2 Å². The molecule has 1 unspecified atom stereocenters. The predicted octanol–water partition coefficient (Wildman–Crippen LogP) is 1.68. The topological polar surface area (TPSA) is 35.2 Å². The maximum atomic E-state index is 6.18. The van der Waals surface area contributed by atoms with Crippen molar-refractivity contribution in [2.45, 2.75) is 50.7 Å². The molecule has 3 fully saturated rings. The van der Waals surface area contributed by atoms with Crippen LogP contribution in [0.15, 0.2) is 0 Å². The standard InChI is InChI=1S/C11H19NO/c1-10-8-3-2-5-11(8,7-13-10)6-4-9(10)12/h8-9H,2-7,12H2,1H3/t8?,9-,10-,11+/m0/s1. The third-order valence-corrected chi connectivity index (χ3v) is 4.96. The van der Waals surface area contributed by atoms with Crippen LogP contribution in [0.5, 0.6) is 0 Å². The van der Waals surface area contributed by atoms with Gasteiger partial charge in [0.2, 0.25) is 0 Å². The highest BCUT2D eigenvalue weighted by Crippen LogP contribution is 2.61. The van der Waals surface area contributed by atoms with E-state index in [1.165, 1.54) is 32.1 Å². The molecule has 1 saturated heterocycles. The zero-order chi connectivity index (χ0) is 9.10. The third kappa shape index (κ3) is 0.816. The van der Waals surface area contributed by atoms with Crippen LogP contribution in [0.25, 0.3) is 0 Å². The van der Waals surface area contributed by atoms with Crippen LogP contribution >= 0.6 is 0 Å². The summed E-state index contributed by atoms with van der Waals surface area (Å²) in [5.74, 6) is 0.767. The molecule has 2 heteroatoms. The van der Waals surface area contributed by atoms with E-state index in [9.17, 15) is 0 Å². The van der Waals surface area contributed by atoms with Crippen molar-refractivity contribution in [3.63, 3.8) is 0 Å². The molecule has 2 nitrogen and oxygen atoms in total. The lowest BCUT2D eigenvalue weighted by Gasteiger charge is -2.43. The summed E-state index contributed by atoms with van der Waals surface area (Å²) in [5.41, 5.74) is 6.75. The summed E-state index contributed by atoms with van der Waals surface area (Å²) >= 11 is 0. The molecule has 0 radical (unpaired) electrons. The molecule has 0 aromatic rings. The highest BCUT2D eigenvalue weighted by atomic mass is 16.5. The van der Waals surface area contributed by atoms with E-state index >= 15 is 0 Å². The lowest BCUT2D eigenvalue weighted by Crippen LogP contribution is -2.54. The molecule has 13 heavy (non-hydrogen) atoms. The zero-order valence-electron chi connectivity index (χ0n) is 8.38. The van der Waals surface area contributed by atoms with Crippen molar-refractivity contribution in [1.29, 1.82) is 0 Å². The first-order valence-electron chi connectivity index (χ1n) is 5.57. The lowest BCUT2D eigenvalue weighted by molar-refractivity contribution is -0.0325. The first-order valence-corrected chi connectivity index (χ1v) is 5.57. The van der Waals surface area contributed by atoms with Crippen molar-refractivity contribution in [2.24, 2.45) is 17.1 Å². The van der Waals surface area contributed by atoms with Crippen molar-refractivity contribution in [1.82, 2.24) is 0 Å².